The highest BCUT2D eigenvalue weighted by Crippen LogP contribution is 2.25. The number of fused-ring (bicyclic) bond motifs is 1. The van der Waals surface area contributed by atoms with E-state index in [1.165, 1.54) is 0 Å². The minimum absolute atomic E-state index is 0.00390. The number of aromatic nitrogens is 1. The molecule has 0 bridgehead atoms. The van der Waals surface area contributed by atoms with E-state index >= 15 is 0 Å². The fraction of sp³-hybridized carbons (Fsp3) is 0.312. The standard InChI is InChI=1S/C16H16N2O3/c19-15(20)8-12-5-3-7-18(12)16(21)14-10-17-9-11-4-1-2-6-13(11)14/h1-2,4,6,9-10,12H,3,5,7-8H2,(H,19,20)/t12-/m1/s1. The Morgan fingerprint density at radius 2 is 2.10 bits per heavy atom. The van der Waals surface area contributed by atoms with E-state index in [9.17, 15) is 9.59 Å². The van der Waals surface area contributed by atoms with Crippen molar-refractivity contribution < 1.29 is 14.7 Å². The molecule has 3 rings (SSSR count). The Kier molecular flexibility index (Phi) is 3.56. The predicted octanol–water partition coefficient (Wildman–Crippen LogP) is 2.31. The van der Waals surface area contributed by atoms with Gasteiger partial charge in [-0.05, 0) is 18.2 Å². The third-order valence-electron chi connectivity index (χ3n) is 3.95. The van der Waals surface area contributed by atoms with E-state index in [1.807, 2.05) is 24.3 Å². The number of carbonyl (C=O) groups is 2. The summed E-state index contributed by atoms with van der Waals surface area (Å²) in [5, 5.41) is 10.7. The number of hydrogen-bond acceptors (Lipinski definition) is 3. The van der Waals surface area contributed by atoms with E-state index in [4.69, 9.17) is 5.11 Å². The zero-order valence-electron chi connectivity index (χ0n) is 11.5. The van der Waals surface area contributed by atoms with Gasteiger partial charge in [0.25, 0.3) is 5.91 Å². The van der Waals surface area contributed by atoms with Crippen LogP contribution in [0.5, 0.6) is 0 Å². The second-order valence-electron chi connectivity index (χ2n) is 5.30. The van der Waals surface area contributed by atoms with Crippen LogP contribution >= 0.6 is 0 Å². The van der Waals surface area contributed by atoms with Crippen LogP contribution in [0.15, 0.2) is 36.7 Å². The van der Waals surface area contributed by atoms with Crippen LogP contribution in [0.4, 0.5) is 0 Å². The molecule has 1 atom stereocenters. The number of aliphatic carboxylic acids is 1. The van der Waals surface area contributed by atoms with Crippen LogP contribution in [-0.4, -0.2) is 39.5 Å². The zero-order chi connectivity index (χ0) is 14.8. The summed E-state index contributed by atoms with van der Waals surface area (Å²) in [4.78, 5) is 29.5. The molecule has 2 heterocycles. The monoisotopic (exact) mass is 284 g/mol. The molecule has 2 aromatic rings. The number of carboxylic acids is 1. The van der Waals surface area contributed by atoms with Gasteiger partial charge >= 0.3 is 5.97 Å². The van der Waals surface area contributed by atoms with Crippen molar-refractivity contribution in [3.8, 4) is 0 Å². The van der Waals surface area contributed by atoms with Gasteiger partial charge in [0.2, 0.25) is 0 Å². The molecule has 1 aliphatic heterocycles. The van der Waals surface area contributed by atoms with Crippen LogP contribution in [0.3, 0.4) is 0 Å². The maximum atomic E-state index is 12.7. The predicted molar refractivity (Wildman–Crippen MR) is 78.1 cm³/mol. The number of rotatable bonds is 3. The van der Waals surface area contributed by atoms with Gasteiger partial charge in [0.15, 0.2) is 0 Å². The summed E-state index contributed by atoms with van der Waals surface area (Å²) >= 11 is 0. The van der Waals surface area contributed by atoms with Crippen molar-refractivity contribution in [3.63, 3.8) is 0 Å². The molecule has 21 heavy (non-hydrogen) atoms. The first-order chi connectivity index (χ1) is 10.2. The third-order valence-corrected chi connectivity index (χ3v) is 3.95. The fourth-order valence-electron chi connectivity index (χ4n) is 2.96. The average Bonchev–Trinajstić information content (AvgIpc) is 2.93. The molecule has 1 aromatic carbocycles. The fourth-order valence-corrected chi connectivity index (χ4v) is 2.96. The lowest BCUT2D eigenvalue weighted by Crippen LogP contribution is -2.37. The lowest BCUT2D eigenvalue weighted by Gasteiger charge is -2.24. The van der Waals surface area contributed by atoms with Gasteiger partial charge in [-0.2, -0.15) is 0 Å². The molecule has 1 saturated heterocycles. The molecule has 108 valence electrons. The number of carbonyl (C=O) groups excluding carboxylic acids is 1. The van der Waals surface area contributed by atoms with Gasteiger partial charge in [0, 0.05) is 30.4 Å². The first-order valence-corrected chi connectivity index (χ1v) is 7.02. The van der Waals surface area contributed by atoms with Crippen LogP contribution in [0.25, 0.3) is 10.8 Å². The van der Waals surface area contributed by atoms with Gasteiger partial charge in [0.05, 0.1) is 12.0 Å². The average molecular weight is 284 g/mol. The highest BCUT2D eigenvalue weighted by Gasteiger charge is 2.31. The van der Waals surface area contributed by atoms with Gasteiger partial charge in [-0.1, -0.05) is 24.3 Å². The van der Waals surface area contributed by atoms with E-state index in [0.29, 0.717) is 12.1 Å². The maximum Gasteiger partial charge on any atom is 0.305 e. The molecule has 0 unspecified atom stereocenters. The number of pyridine rings is 1. The van der Waals surface area contributed by atoms with Crippen molar-refractivity contribution in [3.05, 3.63) is 42.2 Å². The van der Waals surface area contributed by atoms with Crippen LogP contribution in [0.1, 0.15) is 29.6 Å². The topological polar surface area (TPSA) is 70.5 Å². The normalized spacial score (nSPS) is 18.1. The van der Waals surface area contributed by atoms with E-state index in [-0.39, 0.29) is 18.4 Å². The largest absolute Gasteiger partial charge is 0.481 e. The van der Waals surface area contributed by atoms with Crippen molar-refractivity contribution in [2.45, 2.75) is 25.3 Å². The first kappa shape index (κ1) is 13.5. The summed E-state index contributed by atoms with van der Waals surface area (Å²) in [6, 6.07) is 7.39. The minimum atomic E-state index is -0.865. The second kappa shape index (κ2) is 5.52. The molecule has 1 amide bonds. The van der Waals surface area contributed by atoms with Gasteiger partial charge in [-0.25, -0.2) is 0 Å². The number of likely N-dealkylation sites (tertiary alicyclic amines) is 1. The molecule has 0 aliphatic carbocycles. The Hall–Kier alpha value is -2.43. The molecule has 0 spiro atoms. The van der Waals surface area contributed by atoms with Crippen molar-refractivity contribution in [1.29, 1.82) is 0 Å². The molecular formula is C16H16N2O3. The highest BCUT2D eigenvalue weighted by molar-refractivity contribution is 6.06. The van der Waals surface area contributed by atoms with E-state index < -0.39 is 5.97 Å². The first-order valence-electron chi connectivity index (χ1n) is 7.02. The Labute approximate surface area is 122 Å². The summed E-state index contributed by atoms with van der Waals surface area (Å²) in [6.07, 6.45) is 4.90. The molecule has 1 aliphatic rings. The van der Waals surface area contributed by atoms with E-state index in [1.54, 1.807) is 17.3 Å². The van der Waals surface area contributed by atoms with Crippen molar-refractivity contribution in [2.75, 3.05) is 6.54 Å². The summed E-state index contributed by atoms with van der Waals surface area (Å²) in [5.41, 5.74) is 0.547. The molecule has 5 heteroatoms. The number of amides is 1. The third kappa shape index (κ3) is 2.59. The van der Waals surface area contributed by atoms with Crippen molar-refractivity contribution >= 4 is 22.6 Å². The minimum Gasteiger partial charge on any atom is -0.481 e. The van der Waals surface area contributed by atoms with Crippen LogP contribution in [0, 0.1) is 0 Å². The Morgan fingerprint density at radius 1 is 1.29 bits per heavy atom. The SMILES string of the molecule is O=C(O)C[C@H]1CCCN1C(=O)c1cncc2ccccc12. The second-order valence-corrected chi connectivity index (χ2v) is 5.30. The van der Waals surface area contributed by atoms with Gasteiger partial charge in [-0.3, -0.25) is 14.6 Å². The van der Waals surface area contributed by atoms with Crippen LogP contribution < -0.4 is 0 Å². The number of nitrogens with zero attached hydrogens (tertiary/aromatic N) is 2. The quantitative estimate of drug-likeness (QED) is 0.939. The Morgan fingerprint density at radius 3 is 2.90 bits per heavy atom. The van der Waals surface area contributed by atoms with E-state index in [2.05, 4.69) is 4.98 Å². The molecule has 1 N–H and O–H groups in total. The summed E-state index contributed by atoms with van der Waals surface area (Å²) in [6.45, 7) is 0.611. The summed E-state index contributed by atoms with van der Waals surface area (Å²) < 4.78 is 0. The molecule has 0 radical (unpaired) electrons. The van der Waals surface area contributed by atoms with Crippen LogP contribution in [-0.2, 0) is 4.79 Å². The molecule has 1 fully saturated rings. The highest BCUT2D eigenvalue weighted by atomic mass is 16.4. The van der Waals surface area contributed by atoms with Crippen molar-refractivity contribution in [1.82, 2.24) is 9.88 Å². The molecular weight excluding hydrogens is 268 g/mol. The number of hydrogen-bond donors (Lipinski definition) is 1. The lowest BCUT2D eigenvalue weighted by atomic mass is 10.1. The summed E-state index contributed by atoms with van der Waals surface area (Å²) in [5.74, 6) is -0.987. The molecule has 0 saturated carbocycles. The van der Waals surface area contributed by atoms with Gasteiger partial charge in [0.1, 0.15) is 0 Å². The number of carboxylic acid groups (broad SMARTS) is 1. The van der Waals surface area contributed by atoms with Gasteiger partial charge < -0.3 is 10.0 Å². The zero-order valence-corrected chi connectivity index (χ0v) is 11.5. The molecule has 1 aromatic heterocycles. The van der Waals surface area contributed by atoms with E-state index in [0.717, 1.165) is 23.6 Å². The Bertz CT molecular complexity index is 693. The lowest BCUT2D eigenvalue weighted by molar-refractivity contribution is -0.137. The Balaban J connectivity index is 1.95. The maximum absolute atomic E-state index is 12.7. The van der Waals surface area contributed by atoms with Crippen molar-refractivity contribution in [2.24, 2.45) is 0 Å². The smallest absolute Gasteiger partial charge is 0.305 e. The molecule has 5 nitrogen and oxygen atoms in total. The van der Waals surface area contributed by atoms with Crippen LogP contribution in [0.2, 0.25) is 0 Å². The number of benzene rings is 1. The van der Waals surface area contributed by atoms with Gasteiger partial charge in [-0.15, -0.1) is 0 Å². The summed E-state index contributed by atoms with van der Waals surface area (Å²) in [7, 11) is 0.